The Bertz CT molecular complexity index is 1050. The molecule has 2 aromatic carbocycles. The van der Waals surface area contributed by atoms with E-state index in [-0.39, 0.29) is 0 Å². The minimum absolute atomic E-state index is 0.598. The third-order valence-electron chi connectivity index (χ3n) is 6.18. The van der Waals surface area contributed by atoms with Gasteiger partial charge >= 0.3 is 0 Å². The predicted molar refractivity (Wildman–Crippen MR) is 142 cm³/mol. The van der Waals surface area contributed by atoms with E-state index in [1.54, 1.807) is 0 Å². The smallest absolute Gasteiger partial charge is 0.0924 e. The minimum atomic E-state index is -0.624. The van der Waals surface area contributed by atoms with Crippen LogP contribution in [0.25, 0.3) is 22.2 Å². The molecule has 0 amide bonds. The Kier molecular flexibility index (Phi) is 9.17. The van der Waals surface area contributed by atoms with Crippen molar-refractivity contribution in [1.29, 1.82) is 0 Å². The van der Waals surface area contributed by atoms with Gasteiger partial charge in [-0.25, -0.2) is 4.98 Å². The van der Waals surface area contributed by atoms with Crippen molar-refractivity contribution in [2.45, 2.75) is 53.6 Å². The Balaban J connectivity index is 2.01. The van der Waals surface area contributed by atoms with Crippen molar-refractivity contribution in [3.05, 3.63) is 63.6 Å². The van der Waals surface area contributed by atoms with Crippen LogP contribution >= 0.6 is 23.2 Å². The lowest BCUT2D eigenvalue weighted by molar-refractivity contribution is 0.108. The summed E-state index contributed by atoms with van der Waals surface area (Å²) in [5.41, 5.74) is 4.43. The molecule has 3 rings (SSSR count). The summed E-state index contributed by atoms with van der Waals surface area (Å²) >= 11 is 12.5. The zero-order chi connectivity index (χ0) is 24.1. The number of hydrogen-bond donors (Lipinski definition) is 1. The van der Waals surface area contributed by atoms with Crippen molar-refractivity contribution in [2.75, 3.05) is 19.6 Å². The quantitative estimate of drug-likeness (QED) is 0.315. The molecule has 0 aliphatic heterocycles. The Morgan fingerprint density at radius 3 is 2.09 bits per heavy atom. The first-order valence-electron chi connectivity index (χ1n) is 11.9. The summed E-state index contributed by atoms with van der Waals surface area (Å²) in [5.74, 6) is 1.26. The van der Waals surface area contributed by atoms with Crippen LogP contribution < -0.4 is 0 Å². The Morgan fingerprint density at radius 1 is 0.909 bits per heavy atom. The van der Waals surface area contributed by atoms with E-state index in [9.17, 15) is 5.11 Å². The van der Waals surface area contributed by atoms with Crippen molar-refractivity contribution in [2.24, 2.45) is 11.8 Å². The Morgan fingerprint density at radius 2 is 1.52 bits per heavy atom. The molecule has 0 saturated carbocycles. The number of nitrogens with zero attached hydrogens (tertiary/aromatic N) is 2. The first kappa shape index (κ1) is 26.0. The molecule has 0 fully saturated rings. The molecule has 0 saturated heterocycles. The maximum Gasteiger partial charge on any atom is 0.0924 e. The summed E-state index contributed by atoms with van der Waals surface area (Å²) in [6, 6.07) is 13.6. The van der Waals surface area contributed by atoms with E-state index >= 15 is 0 Å². The van der Waals surface area contributed by atoms with Gasteiger partial charge in [0.15, 0.2) is 0 Å². The van der Waals surface area contributed by atoms with E-state index in [4.69, 9.17) is 28.2 Å². The number of rotatable bonds is 10. The lowest BCUT2D eigenvalue weighted by Crippen LogP contribution is -2.32. The molecule has 33 heavy (non-hydrogen) atoms. The monoisotopic (exact) mass is 486 g/mol. The van der Waals surface area contributed by atoms with Crippen LogP contribution in [0.4, 0.5) is 0 Å². The zero-order valence-electron chi connectivity index (χ0n) is 20.4. The van der Waals surface area contributed by atoms with E-state index in [0.29, 0.717) is 28.4 Å². The third-order valence-corrected chi connectivity index (χ3v) is 6.84. The van der Waals surface area contributed by atoms with Crippen LogP contribution in [0.5, 0.6) is 0 Å². The van der Waals surface area contributed by atoms with E-state index < -0.39 is 6.10 Å². The van der Waals surface area contributed by atoms with Crippen LogP contribution in [0.3, 0.4) is 0 Å². The lowest BCUT2D eigenvalue weighted by Gasteiger charge is -2.27. The molecule has 178 valence electrons. The summed E-state index contributed by atoms with van der Waals surface area (Å²) in [7, 11) is 0. The number of hydrogen-bond acceptors (Lipinski definition) is 3. The highest BCUT2D eigenvalue weighted by Gasteiger charge is 2.20. The summed E-state index contributed by atoms with van der Waals surface area (Å²) in [5, 5.41) is 13.8. The molecule has 5 heteroatoms. The second-order valence-electron chi connectivity index (χ2n) is 9.85. The first-order valence-corrected chi connectivity index (χ1v) is 12.7. The van der Waals surface area contributed by atoms with Crippen LogP contribution in [0, 0.1) is 18.8 Å². The fourth-order valence-electron chi connectivity index (χ4n) is 3.99. The van der Waals surface area contributed by atoms with Gasteiger partial charge in [-0.05, 0) is 80.1 Å². The normalized spacial score (nSPS) is 12.9. The van der Waals surface area contributed by atoms with Gasteiger partial charge in [0.2, 0.25) is 0 Å². The van der Waals surface area contributed by atoms with Gasteiger partial charge < -0.3 is 10.0 Å². The number of aryl methyl sites for hydroxylation is 1. The Hall–Kier alpha value is -1.65. The van der Waals surface area contributed by atoms with E-state index in [1.807, 2.05) is 49.4 Å². The van der Waals surface area contributed by atoms with Gasteiger partial charge in [0.05, 0.1) is 17.3 Å². The van der Waals surface area contributed by atoms with Crippen molar-refractivity contribution in [1.82, 2.24) is 9.88 Å². The number of aliphatic hydroxyl groups is 1. The molecule has 1 heterocycles. The molecular weight excluding hydrogens is 451 g/mol. The van der Waals surface area contributed by atoms with Crippen molar-refractivity contribution in [3.8, 4) is 11.3 Å². The molecule has 3 aromatic rings. The van der Waals surface area contributed by atoms with Crippen molar-refractivity contribution in [3.63, 3.8) is 0 Å². The molecule has 1 atom stereocenters. The second kappa shape index (κ2) is 11.7. The fraction of sp³-hybridized carbons (Fsp3) is 0.464. The zero-order valence-corrected chi connectivity index (χ0v) is 21.9. The SMILES string of the molecule is Cc1c(Cl)ccc2c([C@@H](O)CN(CCC(C)C)CCC(C)C)cc(-c3ccc(Cl)cc3)nc12. The highest BCUT2D eigenvalue weighted by molar-refractivity contribution is 6.32. The Labute approximate surface area is 208 Å². The fourth-order valence-corrected chi connectivity index (χ4v) is 4.27. The lowest BCUT2D eigenvalue weighted by atomic mass is 9.97. The number of aliphatic hydroxyl groups excluding tert-OH is 1. The van der Waals surface area contributed by atoms with E-state index in [1.165, 1.54) is 0 Å². The van der Waals surface area contributed by atoms with Gasteiger partial charge in [-0.2, -0.15) is 0 Å². The maximum absolute atomic E-state index is 11.5. The summed E-state index contributed by atoms with van der Waals surface area (Å²) in [6.45, 7) is 13.5. The number of benzene rings is 2. The minimum Gasteiger partial charge on any atom is -0.387 e. The summed E-state index contributed by atoms with van der Waals surface area (Å²) in [4.78, 5) is 7.33. The topological polar surface area (TPSA) is 36.4 Å². The van der Waals surface area contributed by atoms with Crippen molar-refractivity contribution < 1.29 is 5.11 Å². The highest BCUT2D eigenvalue weighted by Crippen LogP contribution is 2.33. The van der Waals surface area contributed by atoms with Gasteiger partial charge in [-0.1, -0.05) is 69.1 Å². The molecule has 0 aliphatic carbocycles. The molecule has 0 spiro atoms. The molecule has 0 unspecified atom stereocenters. The average molecular weight is 488 g/mol. The van der Waals surface area contributed by atoms with Crippen LogP contribution in [0.2, 0.25) is 10.0 Å². The third kappa shape index (κ3) is 6.93. The standard InChI is InChI=1S/C28H36Cl2N2O/c1-18(2)12-14-32(15-13-19(3)4)17-27(33)24-16-26(21-6-8-22(29)9-7-21)31-28-20(5)25(30)11-10-23(24)28/h6-11,16,18-19,27,33H,12-15,17H2,1-5H3/t27-/m0/s1. The number of aromatic nitrogens is 1. The maximum atomic E-state index is 11.5. The van der Waals surface area contributed by atoms with Crippen LogP contribution in [0.15, 0.2) is 42.5 Å². The summed E-state index contributed by atoms with van der Waals surface area (Å²) < 4.78 is 0. The summed E-state index contributed by atoms with van der Waals surface area (Å²) in [6.07, 6.45) is 1.61. The van der Waals surface area contributed by atoms with Gasteiger partial charge in [0, 0.05) is 27.5 Å². The largest absolute Gasteiger partial charge is 0.387 e. The molecule has 0 bridgehead atoms. The van der Waals surface area contributed by atoms with Gasteiger partial charge in [-0.15, -0.1) is 0 Å². The van der Waals surface area contributed by atoms with Crippen LogP contribution in [0.1, 0.15) is 57.8 Å². The number of pyridine rings is 1. The molecule has 0 aliphatic rings. The van der Waals surface area contributed by atoms with Crippen LogP contribution in [-0.2, 0) is 0 Å². The molecule has 1 aromatic heterocycles. The van der Waals surface area contributed by atoms with E-state index in [0.717, 1.165) is 59.2 Å². The van der Waals surface area contributed by atoms with Gasteiger partial charge in [-0.3, -0.25) is 0 Å². The van der Waals surface area contributed by atoms with Crippen molar-refractivity contribution >= 4 is 34.1 Å². The van der Waals surface area contributed by atoms with Gasteiger partial charge in [0.1, 0.15) is 0 Å². The van der Waals surface area contributed by atoms with E-state index in [2.05, 4.69) is 32.6 Å². The molecule has 1 N–H and O–H groups in total. The van der Waals surface area contributed by atoms with Gasteiger partial charge in [0.25, 0.3) is 0 Å². The first-order chi connectivity index (χ1) is 15.7. The predicted octanol–water partition coefficient (Wildman–Crippen LogP) is 7.94. The average Bonchev–Trinajstić information content (AvgIpc) is 2.77. The molecule has 0 radical (unpaired) electrons. The van der Waals surface area contributed by atoms with Crippen LogP contribution in [-0.4, -0.2) is 34.6 Å². The molecule has 3 nitrogen and oxygen atoms in total. The molecular formula is C28H36Cl2N2O. The number of halogens is 2. The number of fused-ring (bicyclic) bond motifs is 1. The second-order valence-corrected chi connectivity index (χ2v) is 10.7. The highest BCUT2D eigenvalue weighted by atomic mass is 35.5.